The van der Waals surface area contributed by atoms with Crippen LogP contribution in [0.1, 0.15) is 40.2 Å². The van der Waals surface area contributed by atoms with Crippen molar-refractivity contribution >= 4 is 41.4 Å². The lowest BCUT2D eigenvalue weighted by Gasteiger charge is -2.12. The number of halogens is 2. The second-order valence-corrected chi connectivity index (χ2v) is 6.69. The second kappa shape index (κ2) is 7.21. The number of nitrogens with one attached hydrogen (secondary N) is 1. The van der Waals surface area contributed by atoms with Crippen LogP contribution in [0.15, 0.2) is 30.6 Å². The third kappa shape index (κ3) is 3.38. The van der Waals surface area contributed by atoms with Gasteiger partial charge in [0.15, 0.2) is 6.29 Å². The van der Waals surface area contributed by atoms with E-state index in [9.17, 15) is 14.0 Å². The Hall–Kier alpha value is -2.09. The normalized spacial score (nSPS) is 13.9. The summed E-state index contributed by atoms with van der Waals surface area (Å²) in [6, 6.07) is 5.12. The van der Waals surface area contributed by atoms with Gasteiger partial charge >= 0.3 is 0 Å². The zero-order valence-corrected chi connectivity index (χ0v) is 14.8. The van der Waals surface area contributed by atoms with Crippen LogP contribution in [0.5, 0.6) is 0 Å². The molecule has 0 spiro atoms. The molecule has 1 saturated carbocycles. The molecule has 3 rings (SSSR count). The molecule has 0 radical (unpaired) electrons. The van der Waals surface area contributed by atoms with Crippen LogP contribution in [0.2, 0.25) is 0 Å². The SMILES string of the molecule is O=CN/C=C\c1cc(C2CC2)cc(F)c1-c1nccc(I)c1C=O. The highest BCUT2D eigenvalue weighted by atomic mass is 127. The summed E-state index contributed by atoms with van der Waals surface area (Å²) < 4.78 is 15.6. The van der Waals surface area contributed by atoms with E-state index in [0.717, 1.165) is 18.4 Å². The van der Waals surface area contributed by atoms with Gasteiger partial charge in [0.05, 0.1) is 11.3 Å². The number of rotatable bonds is 6. The number of hydrogen-bond acceptors (Lipinski definition) is 3. The molecule has 1 heterocycles. The van der Waals surface area contributed by atoms with Gasteiger partial charge in [0.2, 0.25) is 6.41 Å². The first kappa shape index (κ1) is 16.8. The van der Waals surface area contributed by atoms with Gasteiger partial charge in [-0.1, -0.05) is 6.07 Å². The van der Waals surface area contributed by atoms with Gasteiger partial charge in [0, 0.05) is 21.5 Å². The number of aldehydes is 1. The van der Waals surface area contributed by atoms with Gasteiger partial charge in [-0.15, -0.1) is 0 Å². The lowest BCUT2D eigenvalue weighted by molar-refractivity contribution is -0.108. The molecule has 1 aliphatic carbocycles. The Morgan fingerprint density at radius 1 is 1.29 bits per heavy atom. The Balaban J connectivity index is 2.20. The average molecular weight is 436 g/mol. The van der Waals surface area contributed by atoms with Gasteiger partial charge in [-0.2, -0.15) is 0 Å². The van der Waals surface area contributed by atoms with Crippen molar-refractivity contribution in [2.75, 3.05) is 0 Å². The number of amides is 1. The van der Waals surface area contributed by atoms with Gasteiger partial charge in [0.25, 0.3) is 0 Å². The molecule has 1 aromatic carbocycles. The van der Waals surface area contributed by atoms with Crippen molar-refractivity contribution in [1.29, 1.82) is 0 Å². The monoisotopic (exact) mass is 436 g/mol. The Morgan fingerprint density at radius 3 is 2.75 bits per heavy atom. The lowest BCUT2D eigenvalue weighted by atomic mass is 9.96. The van der Waals surface area contributed by atoms with E-state index >= 15 is 0 Å². The molecule has 0 aliphatic heterocycles. The van der Waals surface area contributed by atoms with Crippen molar-refractivity contribution in [2.24, 2.45) is 0 Å². The minimum Gasteiger partial charge on any atom is -0.335 e. The molecule has 2 aromatic rings. The number of carbonyl (C=O) groups excluding carboxylic acids is 2. The van der Waals surface area contributed by atoms with Crippen molar-refractivity contribution in [3.8, 4) is 11.3 Å². The van der Waals surface area contributed by atoms with Gasteiger partial charge in [-0.05, 0) is 70.7 Å². The predicted octanol–water partition coefficient (Wildman–Crippen LogP) is 3.90. The zero-order chi connectivity index (χ0) is 17.1. The summed E-state index contributed by atoms with van der Waals surface area (Å²) in [6.07, 6.45) is 7.94. The summed E-state index contributed by atoms with van der Waals surface area (Å²) in [5, 5.41) is 2.42. The van der Waals surface area contributed by atoms with E-state index in [-0.39, 0.29) is 5.56 Å². The van der Waals surface area contributed by atoms with Crippen molar-refractivity contribution in [3.05, 3.63) is 56.7 Å². The maximum absolute atomic E-state index is 14.9. The molecular weight excluding hydrogens is 422 g/mol. The highest BCUT2D eigenvalue weighted by Gasteiger charge is 2.26. The maximum atomic E-state index is 14.9. The van der Waals surface area contributed by atoms with Crippen LogP contribution >= 0.6 is 22.6 Å². The third-order valence-corrected chi connectivity index (χ3v) is 4.85. The van der Waals surface area contributed by atoms with E-state index in [1.807, 2.05) is 28.7 Å². The molecular formula is C18H14FIN2O2. The molecule has 0 bridgehead atoms. The summed E-state index contributed by atoms with van der Waals surface area (Å²) in [5.74, 6) is -0.0307. The summed E-state index contributed by atoms with van der Waals surface area (Å²) in [7, 11) is 0. The number of carbonyl (C=O) groups is 2. The van der Waals surface area contributed by atoms with Crippen LogP contribution < -0.4 is 5.32 Å². The Morgan fingerprint density at radius 2 is 2.08 bits per heavy atom. The molecule has 0 saturated heterocycles. The smallest absolute Gasteiger partial charge is 0.211 e. The quantitative estimate of drug-likeness (QED) is 0.552. The van der Waals surface area contributed by atoms with Gasteiger partial charge in [0.1, 0.15) is 5.82 Å². The number of benzene rings is 1. The van der Waals surface area contributed by atoms with Crippen molar-refractivity contribution in [1.82, 2.24) is 10.3 Å². The number of hydrogen-bond donors (Lipinski definition) is 1. The van der Waals surface area contributed by atoms with Crippen LogP contribution in [-0.4, -0.2) is 17.7 Å². The van der Waals surface area contributed by atoms with Gasteiger partial charge < -0.3 is 5.32 Å². The Labute approximate surface area is 152 Å². The standard InChI is InChI=1S/C18H14FIN2O2/c19-15-8-13(11-1-2-11)7-12(3-5-21-10-24)17(15)18-14(9-23)16(20)4-6-22-18/h3-11H,1-2H2,(H,21,24)/b5-3-. The summed E-state index contributed by atoms with van der Waals surface area (Å²) in [4.78, 5) is 26.1. The topological polar surface area (TPSA) is 59.1 Å². The molecule has 6 heteroatoms. The highest BCUT2D eigenvalue weighted by molar-refractivity contribution is 14.1. The molecule has 0 atom stereocenters. The number of pyridine rings is 1. The third-order valence-electron chi connectivity index (χ3n) is 3.91. The van der Waals surface area contributed by atoms with E-state index < -0.39 is 5.82 Å². The summed E-state index contributed by atoms with van der Waals surface area (Å²) in [5.41, 5.74) is 2.45. The lowest BCUT2D eigenvalue weighted by Crippen LogP contribution is -2.02. The molecule has 1 amide bonds. The minimum atomic E-state index is -0.414. The van der Waals surface area contributed by atoms with Crippen molar-refractivity contribution in [3.63, 3.8) is 0 Å². The number of aromatic nitrogens is 1. The predicted molar refractivity (Wildman–Crippen MR) is 97.9 cm³/mol. The van der Waals surface area contributed by atoms with Crippen LogP contribution in [0.3, 0.4) is 0 Å². The van der Waals surface area contributed by atoms with Gasteiger partial charge in [-0.3, -0.25) is 14.6 Å². The van der Waals surface area contributed by atoms with Crippen LogP contribution in [0.25, 0.3) is 17.3 Å². The fourth-order valence-corrected chi connectivity index (χ4v) is 3.16. The first-order valence-corrected chi connectivity index (χ1v) is 8.53. The first-order valence-electron chi connectivity index (χ1n) is 7.45. The van der Waals surface area contributed by atoms with E-state index in [1.54, 1.807) is 18.3 Å². The Kier molecular flexibility index (Phi) is 5.03. The molecule has 0 unspecified atom stereocenters. The van der Waals surface area contributed by atoms with Gasteiger partial charge in [-0.25, -0.2) is 4.39 Å². The van der Waals surface area contributed by atoms with Crippen molar-refractivity contribution in [2.45, 2.75) is 18.8 Å². The molecule has 1 aromatic heterocycles. The van der Waals surface area contributed by atoms with E-state index in [2.05, 4.69) is 10.3 Å². The fraction of sp³-hybridized carbons (Fsp3) is 0.167. The van der Waals surface area contributed by atoms with E-state index in [0.29, 0.717) is 39.0 Å². The fourth-order valence-electron chi connectivity index (χ4n) is 2.62. The largest absolute Gasteiger partial charge is 0.335 e. The molecule has 4 nitrogen and oxygen atoms in total. The molecule has 1 N–H and O–H groups in total. The Bertz CT molecular complexity index is 832. The summed E-state index contributed by atoms with van der Waals surface area (Å²) >= 11 is 2.03. The molecule has 1 aliphatic rings. The maximum Gasteiger partial charge on any atom is 0.211 e. The highest BCUT2D eigenvalue weighted by Crippen LogP contribution is 2.42. The van der Waals surface area contributed by atoms with Crippen LogP contribution in [0, 0.1) is 9.39 Å². The minimum absolute atomic E-state index is 0.268. The van der Waals surface area contributed by atoms with E-state index in [4.69, 9.17) is 0 Å². The van der Waals surface area contributed by atoms with E-state index in [1.165, 1.54) is 12.3 Å². The average Bonchev–Trinajstić information content (AvgIpc) is 3.39. The van der Waals surface area contributed by atoms with Crippen LogP contribution in [0.4, 0.5) is 4.39 Å². The first-order chi connectivity index (χ1) is 11.7. The molecule has 24 heavy (non-hydrogen) atoms. The zero-order valence-electron chi connectivity index (χ0n) is 12.6. The molecule has 122 valence electrons. The second-order valence-electron chi connectivity index (χ2n) is 5.53. The van der Waals surface area contributed by atoms with Crippen molar-refractivity contribution < 1.29 is 14.0 Å². The molecule has 1 fully saturated rings. The summed E-state index contributed by atoms with van der Waals surface area (Å²) in [6.45, 7) is 0. The van der Waals surface area contributed by atoms with Crippen LogP contribution in [-0.2, 0) is 4.79 Å². The number of nitrogens with zero attached hydrogens (tertiary/aromatic N) is 1.